The van der Waals surface area contributed by atoms with Crippen molar-refractivity contribution in [3.63, 3.8) is 0 Å². The van der Waals surface area contributed by atoms with Gasteiger partial charge in [0.15, 0.2) is 0 Å². The van der Waals surface area contributed by atoms with Crippen LogP contribution in [-0.2, 0) is 4.74 Å². The Morgan fingerprint density at radius 3 is 2.81 bits per heavy atom. The molecule has 1 aliphatic heterocycles. The fourth-order valence-corrected chi connectivity index (χ4v) is 3.33. The Balaban J connectivity index is 1.72. The Morgan fingerprint density at radius 2 is 2.12 bits per heavy atom. The minimum Gasteiger partial charge on any atom is -0.384 e. The van der Waals surface area contributed by atoms with Crippen LogP contribution in [0, 0.1) is 11.8 Å². The van der Waals surface area contributed by atoms with Crippen LogP contribution in [0.2, 0.25) is 0 Å². The smallest absolute Gasteiger partial charge is 0.0502 e. The second kappa shape index (κ2) is 5.99. The van der Waals surface area contributed by atoms with Crippen molar-refractivity contribution in [1.29, 1.82) is 0 Å². The number of methoxy groups -OCH3 is 1. The fourth-order valence-electron chi connectivity index (χ4n) is 3.33. The summed E-state index contributed by atoms with van der Waals surface area (Å²) in [6.07, 6.45) is 6.50. The van der Waals surface area contributed by atoms with E-state index in [2.05, 4.69) is 4.90 Å². The van der Waals surface area contributed by atoms with E-state index < -0.39 is 0 Å². The van der Waals surface area contributed by atoms with Crippen molar-refractivity contribution in [2.75, 3.05) is 33.4 Å². The molecule has 0 spiro atoms. The molecule has 94 valence electrons. The van der Waals surface area contributed by atoms with Gasteiger partial charge >= 0.3 is 0 Å². The first-order valence-corrected chi connectivity index (χ1v) is 6.74. The number of likely N-dealkylation sites (tertiary alicyclic amines) is 1. The van der Waals surface area contributed by atoms with Crippen molar-refractivity contribution < 1.29 is 4.74 Å². The number of hydrogen-bond acceptors (Lipinski definition) is 3. The molecule has 1 saturated heterocycles. The first kappa shape index (κ1) is 12.3. The maximum Gasteiger partial charge on any atom is 0.0502 e. The Hall–Kier alpha value is -0.120. The molecule has 2 aliphatic rings. The largest absolute Gasteiger partial charge is 0.384 e. The lowest BCUT2D eigenvalue weighted by atomic mass is 9.97. The second-order valence-electron chi connectivity index (χ2n) is 5.66. The molecule has 0 bridgehead atoms. The summed E-state index contributed by atoms with van der Waals surface area (Å²) in [5, 5.41) is 0. The molecule has 2 fully saturated rings. The lowest BCUT2D eigenvalue weighted by Gasteiger charge is -2.34. The molecule has 0 aromatic heterocycles. The fraction of sp³-hybridized carbons (Fsp3) is 1.00. The highest BCUT2D eigenvalue weighted by atomic mass is 16.5. The summed E-state index contributed by atoms with van der Waals surface area (Å²) in [4.78, 5) is 2.63. The van der Waals surface area contributed by atoms with E-state index >= 15 is 0 Å². The highest BCUT2D eigenvalue weighted by Crippen LogP contribution is 2.26. The quantitative estimate of drug-likeness (QED) is 0.789. The minimum atomic E-state index is 0.476. The van der Waals surface area contributed by atoms with Gasteiger partial charge in [0.05, 0.1) is 6.61 Å². The summed E-state index contributed by atoms with van der Waals surface area (Å²) in [6.45, 7) is 4.72. The third kappa shape index (κ3) is 3.44. The van der Waals surface area contributed by atoms with Crippen LogP contribution in [-0.4, -0.2) is 44.3 Å². The molecule has 2 N–H and O–H groups in total. The summed E-state index contributed by atoms with van der Waals surface area (Å²) in [5.74, 6) is 1.62. The zero-order valence-electron chi connectivity index (χ0n) is 10.5. The van der Waals surface area contributed by atoms with E-state index in [-0.39, 0.29) is 0 Å². The van der Waals surface area contributed by atoms with Crippen molar-refractivity contribution in [3.8, 4) is 0 Å². The highest BCUT2D eigenvalue weighted by molar-refractivity contribution is 4.82. The first-order valence-electron chi connectivity index (χ1n) is 6.74. The molecule has 0 amide bonds. The van der Waals surface area contributed by atoms with Gasteiger partial charge in [0, 0.05) is 26.2 Å². The van der Waals surface area contributed by atoms with Crippen LogP contribution in [0.1, 0.15) is 32.1 Å². The van der Waals surface area contributed by atoms with Crippen LogP contribution >= 0.6 is 0 Å². The van der Waals surface area contributed by atoms with Crippen molar-refractivity contribution in [3.05, 3.63) is 0 Å². The van der Waals surface area contributed by atoms with Crippen molar-refractivity contribution in [1.82, 2.24) is 4.90 Å². The monoisotopic (exact) mass is 226 g/mol. The molecule has 16 heavy (non-hydrogen) atoms. The third-order valence-electron chi connectivity index (χ3n) is 4.10. The Bertz CT molecular complexity index is 208. The summed E-state index contributed by atoms with van der Waals surface area (Å²) in [6, 6.07) is 0.476. The first-order chi connectivity index (χ1) is 7.78. The average molecular weight is 226 g/mol. The summed E-state index contributed by atoms with van der Waals surface area (Å²) in [7, 11) is 1.81. The molecule has 0 aromatic rings. The molecule has 1 heterocycles. The van der Waals surface area contributed by atoms with Gasteiger partial charge in [-0.25, -0.2) is 0 Å². The summed E-state index contributed by atoms with van der Waals surface area (Å²) >= 11 is 0. The molecule has 3 heteroatoms. The van der Waals surface area contributed by atoms with Crippen molar-refractivity contribution in [2.45, 2.75) is 38.1 Å². The Labute approximate surface area is 99.3 Å². The number of ether oxygens (including phenoxy) is 1. The number of nitrogens with zero attached hydrogens (tertiary/aromatic N) is 1. The molecular formula is C13H26N2O. The lowest BCUT2D eigenvalue weighted by molar-refractivity contribution is 0.0829. The average Bonchev–Trinajstić information content (AvgIpc) is 2.65. The van der Waals surface area contributed by atoms with E-state index in [1.807, 2.05) is 7.11 Å². The second-order valence-corrected chi connectivity index (χ2v) is 5.66. The maximum atomic E-state index is 5.97. The Morgan fingerprint density at radius 1 is 1.25 bits per heavy atom. The third-order valence-corrected chi connectivity index (χ3v) is 4.10. The molecule has 3 unspecified atom stereocenters. The number of hydrogen-bond donors (Lipinski definition) is 1. The van der Waals surface area contributed by atoms with Crippen LogP contribution in [0.25, 0.3) is 0 Å². The van der Waals surface area contributed by atoms with E-state index in [1.165, 1.54) is 51.7 Å². The standard InChI is InChI=1S/C13H26N2O/c1-16-10-12-3-2-6-15(9-12)8-11-4-5-13(14)7-11/h11-13H,2-10,14H2,1H3. The molecule has 3 atom stereocenters. The zero-order valence-corrected chi connectivity index (χ0v) is 10.5. The maximum absolute atomic E-state index is 5.97. The van der Waals surface area contributed by atoms with Crippen LogP contribution in [0.15, 0.2) is 0 Å². The minimum absolute atomic E-state index is 0.476. The van der Waals surface area contributed by atoms with Crippen molar-refractivity contribution >= 4 is 0 Å². The predicted molar refractivity (Wildman–Crippen MR) is 66.4 cm³/mol. The molecule has 0 radical (unpaired) electrons. The lowest BCUT2D eigenvalue weighted by Crippen LogP contribution is -2.39. The molecule has 3 nitrogen and oxygen atoms in total. The number of piperidine rings is 1. The topological polar surface area (TPSA) is 38.5 Å². The Kier molecular flexibility index (Phi) is 4.62. The van der Waals surface area contributed by atoms with Gasteiger partial charge in [0.25, 0.3) is 0 Å². The van der Waals surface area contributed by atoms with Gasteiger partial charge in [-0.15, -0.1) is 0 Å². The normalized spacial score (nSPS) is 36.8. The van der Waals surface area contributed by atoms with Gasteiger partial charge < -0.3 is 15.4 Å². The van der Waals surface area contributed by atoms with E-state index in [0.717, 1.165) is 18.4 Å². The molecular weight excluding hydrogens is 200 g/mol. The van der Waals surface area contributed by atoms with Gasteiger partial charge in [-0.3, -0.25) is 0 Å². The molecule has 1 aliphatic carbocycles. The zero-order chi connectivity index (χ0) is 11.4. The van der Waals surface area contributed by atoms with Gasteiger partial charge in [0.2, 0.25) is 0 Å². The van der Waals surface area contributed by atoms with E-state index in [1.54, 1.807) is 0 Å². The molecule has 2 rings (SSSR count). The molecule has 0 aromatic carbocycles. The van der Waals surface area contributed by atoms with Crippen LogP contribution in [0.5, 0.6) is 0 Å². The highest BCUT2D eigenvalue weighted by Gasteiger charge is 2.26. The van der Waals surface area contributed by atoms with E-state index in [0.29, 0.717) is 6.04 Å². The number of rotatable bonds is 4. The van der Waals surface area contributed by atoms with Crippen LogP contribution in [0.4, 0.5) is 0 Å². The van der Waals surface area contributed by atoms with Crippen molar-refractivity contribution in [2.24, 2.45) is 17.6 Å². The van der Waals surface area contributed by atoms with Gasteiger partial charge in [0.1, 0.15) is 0 Å². The van der Waals surface area contributed by atoms with Crippen LogP contribution in [0.3, 0.4) is 0 Å². The van der Waals surface area contributed by atoms with Gasteiger partial charge in [-0.2, -0.15) is 0 Å². The molecule has 1 saturated carbocycles. The SMILES string of the molecule is COCC1CCCN(CC2CCC(N)C2)C1. The van der Waals surface area contributed by atoms with E-state index in [9.17, 15) is 0 Å². The van der Waals surface area contributed by atoms with Crippen LogP contribution < -0.4 is 5.73 Å². The number of nitrogens with two attached hydrogens (primary N) is 1. The van der Waals surface area contributed by atoms with Gasteiger partial charge in [-0.1, -0.05) is 0 Å². The predicted octanol–water partition coefficient (Wildman–Crippen LogP) is 1.47. The summed E-state index contributed by atoms with van der Waals surface area (Å²) in [5.41, 5.74) is 5.97. The summed E-state index contributed by atoms with van der Waals surface area (Å²) < 4.78 is 5.27. The van der Waals surface area contributed by atoms with E-state index in [4.69, 9.17) is 10.5 Å². The van der Waals surface area contributed by atoms with Gasteiger partial charge in [-0.05, 0) is 50.5 Å².